The lowest BCUT2D eigenvalue weighted by Gasteiger charge is -2.02. The molecule has 8 nitrogen and oxygen atoms in total. The van der Waals surface area contributed by atoms with Crippen LogP contribution in [0.2, 0.25) is 0 Å². The number of carbonyl (C=O) groups excluding carboxylic acids is 1. The maximum Gasteiger partial charge on any atom is 0.325 e. The first-order valence-corrected chi connectivity index (χ1v) is 4.83. The summed E-state index contributed by atoms with van der Waals surface area (Å²) in [7, 11) is 0. The van der Waals surface area contributed by atoms with Crippen LogP contribution in [0.15, 0.2) is 14.7 Å². The Morgan fingerprint density at radius 3 is 2.65 bits per heavy atom. The van der Waals surface area contributed by atoms with Crippen molar-refractivity contribution in [3.63, 3.8) is 0 Å². The van der Waals surface area contributed by atoms with Gasteiger partial charge in [-0.25, -0.2) is 10.2 Å². The van der Waals surface area contributed by atoms with Crippen molar-refractivity contribution in [3.8, 4) is 0 Å². The average Bonchev–Trinajstić information content (AvgIpc) is 2.21. The van der Waals surface area contributed by atoms with E-state index < -0.39 is 23.2 Å². The van der Waals surface area contributed by atoms with Crippen LogP contribution < -0.4 is 22.4 Å². The fourth-order valence-corrected chi connectivity index (χ4v) is 1.03. The first kappa shape index (κ1) is 12.8. The third-order valence-corrected chi connectivity index (χ3v) is 1.96. The van der Waals surface area contributed by atoms with E-state index in [0.29, 0.717) is 5.69 Å². The summed E-state index contributed by atoms with van der Waals surface area (Å²) >= 11 is 0. The highest BCUT2D eigenvalue weighted by Gasteiger charge is 2.05. The number of aromatic amines is 2. The van der Waals surface area contributed by atoms with E-state index in [1.807, 2.05) is 4.98 Å². The van der Waals surface area contributed by atoms with E-state index in [-0.39, 0.29) is 5.56 Å². The van der Waals surface area contributed by atoms with Gasteiger partial charge in [-0.2, -0.15) is 5.10 Å². The lowest BCUT2D eigenvalue weighted by molar-refractivity contribution is -0.121. The van der Waals surface area contributed by atoms with Gasteiger partial charge in [0.05, 0.1) is 17.8 Å². The molecule has 0 saturated heterocycles. The topological polar surface area (TPSA) is 133 Å². The second-order valence-corrected chi connectivity index (χ2v) is 3.47. The Labute approximate surface area is 95.9 Å². The molecule has 1 aromatic rings. The molecular weight excluding hydrogens is 226 g/mol. The molecule has 1 heterocycles. The Morgan fingerprint density at radius 1 is 1.47 bits per heavy atom. The zero-order valence-corrected chi connectivity index (χ0v) is 9.40. The molecule has 0 bridgehead atoms. The van der Waals surface area contributed by atoms with E-state index in [1.165, 1.54) is 6.92 Å². The summed E-state index contributed by atoms with van der Waals surface area (Å²) in [6.07, 6.45) is 1.14. The van der Waals surface area contributed by atoms with Crippen LogP contribution in [-0.4, -0.2) is 28.1 Å². The largest absolute Gasteiger partial charge is 0.325 e. The fraction of sp³-hybridized carbons (Fsp3) is 0.333. The van der Waals surface area contributed by atoms with Crippen molar-refractivity contribution in [2.75, 3.05) is 0 Å². The molecule has 0 aliphatic rings. The monoisotopic (exact) mass is 239 g/mol. The number of nitrogens with one attached hydrogen (secondary N) is 3. The van der Waals surface area contributed by atoms with Gasteiger partial charge >= 0.3 is 5.69 Å². The second kappa shape index (κ2) is 5.21. The van der Waals surface area contributed by atoms with E-state index in [9.17, 15) is 14.4 Å². The van der Waals surface area contributed by atoms with Gasteiger partial charge in [0.2, 0.25) is 0 Å². The summed E-state index contributed by atoms with van der Waals surface area (Å²) in [5.74, 6) is -0.472. The van der Waals surface area contributed by atoms with Gasteiger partial charge in [0.25, 0.3) is 11.5 Å². The predicted octanol–water partition coefficient (Wildman–Crippen LogP) is -1.83. The van der Waals surface area contributed by atoms with Gasteiger partial charge in [-0.05, 0) is 13.8 Å². The molecule has 92 valence electrons. The smallest absolute Gasteiger partial charge is 0.320 e. The maximum atomic E-state index is 11.4. The first-order valence-electron chi connectivity index (χ1n) is 4.83. The summed E-state index contributed by atoms with van der Waals surface area (Å²) in [6.45, 7) is 3.05. The molecule has 5 N–H and O–H groups in total. The minimum Gasteiger partial charge on any atom is -0.320 e. The van der Waals surface area contributed by atoms with Gasteiger partial charge in [-0.3, -0.25) is 14.6 Å². The van der Waals surface area contributed by atoms with Gasteiger partial charge in [0.1, 0.15) is 0 Å². The molecule has 0 radical (unpaired) electrons. The van der Waals surface area contributed by atoms with Crippen LogP contribution in [0, 0.1) is 6.92 Å². The quantitative estimate of drug-likeness (QED) is 0.364. The Morgan fingerprint density at radius 2 is 2.12 bits per heavy atom. The Balaban J connectivity index is 2.90. The maximum absolute atomic E-state index is 11.4. The van der Waals surface area contributed by atoms with Crippen molar-refractivity contribution >= 4 is 12.1 Å². The normalized spacial score (nSPS) is 12.6. The van der Waals surface area contributed by atoms with Crippen molar-refractivity contribution < 1.29 is 4.79 Å². The van der Waals surface area contributed by atoms with Crippen LogP contribution >= 0.6 is 0 Å². The van der Waals surface area contributed by atoms with Crippen LogP contribution in [-0.2, 0) is 4.79 Å². The number of nitrogens with zero attached hydrogens (tertiary/aromatic N) is 1. The molecular formula is C9H13N5O3. The number of aryl methyl sites for hydroxylation is 1. The van der Waals surface area contributed by atoms with Gasteiger partial charge in [0.15, 0.2) is 0 Å². The van der Waals surface area contributed by atoms with Crippen LogP contribution in [0.1, 0.15) is 18.2 Å². The molecule has 0 aliphatic carbocycles. The van der Waals surface area contributed by atoms with Crippen molar-refractivity contribution in [1.82, 2.24) is 15.4 Å². The molecule has 1 amide bonds. The standard InChI is InChI=1S/C9H13N5O3/c1-4(10)7(15)14-11-3-6-5(2)12-9(17)13-8(6)16/h3-4H,10H2,1-2H3,(H,14,15)(H2,12,13,16,17)/b11-3+. The number of nitrogens with two attached hydrogens (primary N) is 1. The summed E-state index contributed by atoms with van der Waals surface area (Å²) in [5, 5.41) is 3.57. The average molecular weight is 239 g/mol. The van der Waals surface area contributed by atoms with Crippen molar-refractivity contribution in [3.05, 3.63) is 32.1 Å². The van der Waals surface area contributed by atoms with E-state index in [4.69, 9.17) is 5.73 Å². The highest BCUT2D eigenvalue weighted by Crippen LogP contribution is 1.89. The third kappa shape index (κ3) is 3.38. The SMILES string of the molecule is Cc1[nH]c(=O)[nH]c(=O)c1/C=N/NC(=O)C(C)N. The second-order valence-electron chi connectivity index (χ2n) is 3.47. The number of H-pyrrole nitrogens is 2. The van der Waals surface area contributed by atoms with E-state index in [2.05, 4.69) is 15.5 Å². The van der Waals surface area contributed by atoms with Gasteiger partial charge < -0.3 is 10.7 Å². The number of aromatic nitrogens is 2. The fourth-order valence-electron chi connectivity index (χ4n) is 1.03. The molecule has 0 saturated carbocycles. The molecule has 1 atom stereocenters. The minimum absolute atomic E-state index is 0.162. The van der Waals surface area contributed by atoms with Crippen LogP contribution in [0.4, 0.5) is 0 Å². The molecule has 0 spiro atoms. The highest BCUT2D eigenvalue weighted by molar-refractivity contribution is 5.84. The first-order chi connectivity index (χ1) is 7.91. The third-order valence-electron chi connectivity index (χ3n) is 1.96. The lowest BCUT2D eigenvalue weighted by Crippen LogP contribution is -2.35. The molecule has 0 fully saturated rings. The molecule has 8 heteroatoms. The van der Waals surface area contributed by atoms with Crippen LogP contribution in [0.3, 0.4) is 0 Å². The lowest BCUT2D eigenvalue weighted by atomic mass is 10.2. The molecule has 1 rings (SSSR count). The number of carbonyl (C=O) groups is 1. The van der Waals surface area contributed by atoms with Crippen LogP contribution in [0.25, 0.3) is 0 Å². The number of hydrogen-bond acceptors (Lipinski definition) is 5. The molecule has 0 aromatic carbocycles. The van der Waals surface area contributed by atoms with E-state index >= 15 is 0 Å². The Kier molecular flexibility index (Phi) is 3.94. The number of rotatable bonds is 3. The number of amides is 1. The molecule has 17 heavy (non-hydrogen) atoms. The van der Waals surface area contributed by atoms with Gasteiger partial charge in [0, 0.05) is 5.69 Å². The zero-order chi connectivity index (χ0) is 13.0. The predicted molar refractivity (Wildman–Crippen MR) is 61.8 cm³/mol. The van der Waals surface area contributed by atoms with Crippen molar-refractivity contribution in [2.24, 2.45) is 10.8 Å². The molecule has 1 aromatic heterocycles. The van der Waals surface area contributed by atoms with Crippen molar-refractivity contribution in [1.29, 1.82) is 0 Å². The van der Waals surface area contributed by atoms with E-state index in [0.717, 1.165) is 6.21 Å². The summed E-state index contributed by atoms with van der Waals surface area (Å²) < 4.78 is 0. The summed E-state index contributed by atoms with van der Waals surface area (Å²) in [5.41, 5.74) is 6.80. The Hall–Kier alpha value is -2.22. The van der Waals surface area contributed by atoms with Gasteiger partial charge in [-0.15, -0.1) is 0 Å². The van der Waals surface area contributed by atoms with Crippen molar-refractivity contribution in [2.45, 2.75) is 19.9 Å². The summed E-state index contributed by atoms with van der Waals surface area (Å²) in [6, 6.07) is -0.692. The zero-order valence-electron chi connectivity index (χ0n) is 9.40. The minimum atomic E-state index is -0.692. The highest BCUT2D eigenvalue weighted by atomic mass is 16.2. The molecule has 0 aliphatic heterocycles. The number of hydrazone groups is 1. The number of hydrogen-bond donors (Lipinski definition) is 4. The Bertz CT molecular complexity index is 554. The van der Waals surface area contributed by atoms with E-state index in [1.54, 1.807) is 6.92 Å². The molecule has 1 unspecified atom stereocenters. The summed E-state index contributed by atoms with van der Waals surface area (Å²) in [4.78, 5) is 37.8. The van der Waals surface area contributed by atoms with Crippen LogP contribution in [0.5, 0.6) is 0 Å². The van der Waals surface area contributed by atoms with Gasteiger partial charge in [-0.1, -0.05) is 0 Å².